The van der Waals surface area contributed by atoms with Crippen LogP contribution < -0.4 is 8.07 Å². The van der Waals surface area contributed by atoms with Crippen LogP contribution in [0.5, 0.6) is 5.75 Å². The number of quaternary nitrogens is 1. The molecular weight excluding hydrogens is 496 g/mol. The SMILES string of the molecule is CCCCCCCCCCCCCCC[N+]1(CN2CCCC2=O)SOc2ccccc21.CS(=O)(=O)[O-]. The number of hydrogen-bond acceptors (Lipinski definition) is 6. The Labute approximate surface area is 223 Å². The van der Waals surface area contributed by atoms with Crippen LogP contribution in [-0.2, 0) is 14.9 Å². The lowest BCUT2D eigenvalue weighted by Gasteiger charge is -2.32. The Morgan fingerprint density at radius 3 is 2.00 bits per heavy atom. The fourth-order valence-electron chi connectivity index (χ4n) is 4.86. The summed E-state index contributed by atoms with van der Waals surface area (Å²) in [5.74, 6) is 1.27. The number of likely N-dealkylation sites (tertiary alicyclic amines) is 1. The normalized spacial score (nSPS) is 19.1. The number of fused-ring (bicyclic) bond motifs is 1. The van der Waals surface area contributed by atoms with Crippen LogP contribution in [0.4, 0.5) is 5.69 Å². The van der Waals surface area contributed by atoms with Crippen molar-refractivity contribution < 1.29 is 21.9 Å². The van der Waals surface area contributed by atoms with Gasteiger partial charge in [-0.2, -0.15) is 3.89 Å². The van der Waals surface area contributed by atoms with E-state index in [2.05, 4.69) is 25.1 Å². The van der Waals surface area contributed by atoms with E-state index < -0.39 is 10.1 Å². The van der Waals surface area contributed by atoms with Crippen molar-refractivity contribution in [2.75, 3.05) is 26.0 Å². The van der Waals surface area contributed by atoms with Gasteiger partial charge in [0, 0.05) is 25.3 Å². The van der Waals surface area contributed by atoms with Crippen LogP contribution in [-0.4, -0.2) is 49.8 Å². The quantitative estimate of drug-likeness (QED) is 0.0752. The minimum atomic E-state index is -3.92. The van der Waals surface area contributed by atoms with Crippen molar-refractivity contribution in [1.29, 1.82) is 0 Å². The van der Waals surface area contributed by atoms with E-state index in [9.17, 15) is 4.79 Å². The summed E-state index contributed by atoms with van der Waals surface area (Å²) in [7, 11) is -3.92. The highest BCUT2D eigenvalue weighted by Crippen LogP contribution is 2.48. The number of para-hydroxylation sites is 2. The van der Waals surface area contributed by atoms with Gasteiger partial charge >= 0.3 is 12.2 Å². The van der Waals surface area contributed by atoms with Gasteiger partial charge < -0.3 is 8.74 Å². The molecule has 0 saturated carbocycles. The molecule has 2 aliphatic heterocycles. The third kappa shape index (κ3) is 11.8. The van der Waals surface area contributed by atoms with Gasteiger partial charge in [0.05, 0.1) is 16.7 Å². The zero-order chi connectivity index (χ0) is 26.3. The molecule has 0 aliphatic carbocycles. The lowest BCUT2D eigenvalue weighted by atomic mass is 10.0. The van der Waals surface area contributed by atoms with Gasteiger partial charge in [-0.15, -0.1) is 0 Å². The molecule has 9 heteroatoms. The summed E-state index contributed by atoms with van der Waals surface area (Å²) in [6.07, 6.45) is 20.1. The molecule has 0 bridgehead atoms. The Morgan fingerprint density at radius 1 is 0.944 bits per heavy atom. The summed E-state index contributed by atoms with van der Waals surface area (Å²) < 4.78 is 33.9. The predicted molar refractivity (Wildman–Crippen MR) is 148 cm³/mol. The van der Waals surface area contributed by atoms with Gasteiger partial charge in [0.15, 0.2) is 12.4 Å². The van der Waals surface area contributed by atoms with Gasteiger partial charge in [0.2, 0.25) is 11.7 Å². The number of carbonyl (C=O) groups excluding carboxylic acids is 1. The highest BCUT2D eigenvalue weighted by Gasteiger charge is 2.45. The summed E-state index contributed by atoms with van der Waals surface area (Å²) in [6.45, 7) is 4.94. The summed E-state index contributed by atoms with van der Waals surface area (Å²) in [6, 6.07) is 8.36. The standard InChI is InChI=1S/C26H43N2O2S.CH4O3S/c1-2-3-4-5-6-7-8-9-10-11-12-13-16-22-28(23-27-21-17-20-26(27)29)24-18-14-15-19-25(24)30-31-28;1-5(2,3)4/h14-15,18-19H,2-13,16-17,20-23H2,1H3;1H3,(H,2,3,4)/q+1;/p-1. The third-order valence-electron chi connectivity index (χ3n) is 6.77. The number of nitrogens with zero attached hydrogens (tertiary/aromatic N) is 2. The molecule has 2 heterocycles. The number of amides is 1. The van der Waals surface area contributed by atoms with Crippen LogP contribution in [0.2, 0.25) is 0 Å². The van der Waals surface area contributed by atoms with Gasteiger partial charge in [0.25, 0.3) is 0 Å². The van der Waals surface area contributed by atoms with Crippen molar-refractivity contribution in [1.82, 2.24) is 8.79 Å². The van der Waals surface area contributed by atoms with E-state index >= 15 is 0 Å². The molecule has 0 N–H and O–H groups in total. The van der Waals surface area contributed by atoms with E-state index in [0.717, 1.165) is 31.9 Å². The summed E-state index contributed by atoms with van der Waals surface area (Å²) in [4.78, 5) is 14.3. The predicted octanol–water partition coefficient (Wildman–Crippen LogP) is 6.78. The van der Waals surface area contributed by atoms with Crippen LogP contribution in [0.15, 0.2) is 24.3 Å². The number of unbranched alkanes of at least 4 members (excludes halogenated alkanes) is 12. The Hall–Kier alpha value is -1.29. The highest BCUT2D eigenvalue weighted by atomic mass is 32.2. The Balaban J connectivity index is 0.000000830. The fourth-order valence-corrected chi connectivity index (χ4v) is 5.84. The molecule has 0 spiro atoms. The van der Waals surface area contributed by atoms with Gasteiger partial charge in [-0.3, -0.25) is 9.69 Å². The van der Waals surface area contributed by atoms with Crippen LogP contribution in [0, 0.1) is 0 Å². The van der Waals surface area contributed by atoms with Crippen molar-refractivity contribution >= 4 is 33.9 Å². The molecule has 1 unspecified atom stereocenters. The highest BCUT2D eigenvalue weighted by molar-refractivity contribution is 7.94. The molecule has 36 heavy (non-hydrogen) atoms. The number of hydrogen-bond donors (Lipinski definition) is 0. The van der Waals surface area contributed by atoms with E-state index in [0.29, 0.717) is 22.5 Å². The molecule has 3 rings (SSSR count). The zero-order valence-corrected chi connectivity index (χ0v) is 23.9. The van der Waals surface area contributed by atoms with Crippen LogP contribution in [0.3, 0.4) is 0 Å². The average molecular weight is 543 g/mol. The molecular formula is C27H46N2O5S2. The fraction of sp³-hybridized carbons (Fsp3) is 0.741. The van der Waals surface area contributed by atoms with Crippen LogP contribution in [0.1, 0.15) is 103 Å². The van der Waals surface area contributed by atoms with Crippen molar-refractivity contribution in [2.45, 2.75) is 103 Å². The minimum absolute atomic E-state index is 0.299. The first-order chi connectivity index (χ1) is 17.2. The topological polar surface area (TPSA) is 86.7 Å². The molecule has 1 saturated heterocycles. The second-order valence-electron chi connectivity index (χ2n) is 10.1. The lowest BCUT2D eigenvalue weighted by molar-refractivity contribution is -0.128. The Morgan fingerprint density at radius 2 is 1.47 bits per heavy atom. The molecule has 1 fully saturated rings. The smallest absolute Gasteiger partial charge is 0.321 e. The van der Waals surface area contributed by atoms with Crippen molar-refractivity contribution in [3.05, 3.63) is 24.3 Å². The molecule has 206 valence electrons. The van der Waals surface area contributed by atoms with E-state index in [-0.39, 0.29) is 0 Å². The average Bonchev–Trinajstić information content (AvgIpc) is 3.40. The van der Waals surface area contributed by atoms with Crippen LogP contribution in [0.25, 0.3) is 0 Å². The number of carbonyl (C=O) groups is 1. The lowest BCUT2D eigenvalue weighted by Crippen LogP contribution is -2.50. The van der Waals surface area contributed by atoms with Crippen molar-refractivity contribution in [3.8, 4) is 5.75 Å². The number of rotatable bonds is 16. The van der Waals surface area contributed by atoms with Gasteiger partial charge in [-0.05, 0) is 25.3 Å². The van der Waals surface area contributed by atoms with E-state index in [1.165, 1.54) is 101 Å². The summed E-state index contributed by atoms with van der Waals surface area (Å²) in [5.41, 5.74) is 1.23. The van der Waals surface area contributed by atoms with E-state index in [1.807, 2.05) is 11.0 Å². The molecule has 1 atom stereocenters. The van der Waals surface area contributed by atoms with E-state index in [1.54, 1.807) is 0 Å². The molecule has 2 aliphatic rings. The molecule has 1 aromatic carbocycles. The van der Waals surface area contributed by atoms with Crippen LogP contribution >= 0.6 is 12.2 Å². The van der Waals surface area contributed by atoms with Crippen molar-refractivity contribution in [2.24, 2.45) is 0 Å². The monoisotopic (exact) mass is 542 g/mol. The summed E-state index contributed by atoms with van der Waals surface area (Å²) >= 11 is 1.54. The molecule has 0 radical (unpaired) electrons. The largest absolute Gasteiger partial charge is 0.748 e. The van der Waals surface area contributed by atoms with Gasteiger partial charge in [-0.1, -0.05) is 89.7 Å². The summed E-state index contributed by atoms with van der Waals surface area (Å²) in [5, 5.41) is 0. The molecule has 0 aromatic heterocycles. The number of benzene rings is 1. The zero-order valence-electron chi connectivity index (χ0n) is 22.3. The Kier molecular flexibility index (Phi) is 14.2. The Bertz CT molecular complexity index is 873. The molecule has 7 nitrogen and oxygen atoms in total. The van der Waals surface area contributed by atoms with Crippen molar-refractivity contribution in [3.63, 3.8) is 0 Å². The molecule has 1 amide bonds. The van der Waals surface area contributed by atoms with Gasteiger partial charge in [0.1, 0.15) is 0 Å². The first-order valence-electron chi connectivity index (χ1n) is 13.8. The first kappa shape index (κ1) is 30.9. The maximum atomic E-state index is 12.3. The minimum Gasteiger partial charge on any atom is -0.748 e. The maximum Gasteiger partial charge on any atom is 0.321 e. The third-order valence-corrected chi connectivity index (χ3v) is 7.80. The maximum absolute atomic E-state index is 12.3. The second kappa shape index (κ2) is 16.5. The first-order valence-corrected chi connectivity index (χ1v) is 16.3. The van der Waals surface area contributed by atoms with E-state index in [4.69, 9.17) is 17.2 Å². The molecule has 1 aromatic rings. The van der Waals surface area contributed by atoms with Gasteiger partial charge in [-0.25, -0.2) is 8.42 Å². The second-order valence-corrected chi connectivity index (χ2v) is 12.5.